The highest BCUT2D eigenvalue weighted by atomic mass is 32.1. The van der Waals surface area contributed by atoms with Crippen molar-refractivity contribution < 1.29 is 9.21 Å². The molecule has 0 bridgehead atoms. The number of hydrogen-bond donors (Lipinski definition) is 2. The molecule has 6 nitrogen and oxygen atoms in total. The normalized spacial score (nSPS) is 13.9. The van der Waals surface area contributed by atoms with Crippen molar-refractivity contribution in [1.82, 2.24) is 9.97 Å². The molecule has 5 rings (SSSR count). The Balaban J connectivity index is 1.61. The third-order valence-electron chi connectivity index (χ3n) is 5.64. The molecule has 4 heterocycles. The summed E-state index contributed by atoms with van der Waals surface area (Å²) in [6.07, 6.45) is 7.63. The summed E-state index contributed by atoms with van der Waals surface area (Å²) in [6.45, 7) is 1.97. The number of furan rings is 1. The smallest absolute Gasteiger partial charge is 0.291 e. The van der Waals surface area contributed by atoms with Crippen LogP contribution in [0.25, 0.3) is 0 Å². The number of hydrogen-bond acceptors (Lipinski definition) is 6. The van der Waals surface area contributed by atoms with Gasteiger partial charge in [-0.1, -0.05) is 12.1 Å². The molecule has 0 radical (unpaired) electrons. The van der Waals surface area contributed by atoms with Crippen LogP contribution in [-0.2, 0) is 12.8 Å². The molecule has 1 amide bonds. The van der Waals surface area contributed by atoms with E-state index in [1.807, 2.05) is 43.3 Å². The van der Waals surface area contributed by atoms with E-state index in [-0.39, 0.29) is 11.9 Å². The SMILES string of the molecule is Cc1cccc(N[C@@H](c2ccccn2)c2c(NC(=O)c3ccco3)sc3c2CCCC3)n1. The predicted octanol–water partition coefficient (Wildman–Crippen LogP) is 5.77. The van der Waals surface area contributed by atoms with Gasteiger partial charge in [-0.3, -0.25) is 9.78 Å². The third kappa shape index (κ3) is 4.16. The number of anilines is 2. The van der Waals surface area contributed by atoms with Gasteiger partial charge >= 0.3 is 0 Å². The first-order chi connectivity index (χ1) is 15.7. The fraction of sp³-hybridized carbons (Fsp3) is 0.240. The summed E-state index contributed by atoms with van der Waals surface area (Å²) in [5.41, 5.74) is 4.21. The fourth-order valence-electron chi connectivity index (χ4n) is 4.17. The topological polar surface area (TPSA) is 80.0 Å². The highest BCUT2D eigenvalue weighted by Crippen LogP contribution is 2.44. The van der Waals surface area contributed by atoms with Gasteiger partial charge in [0.15, 0.2) is 5.76 Å². The van der Waals surface area contributed by atoms with Crippen molar-refractivity contribution >= 4 is 28.1 Å². The first-order valence-corrected chi connectivity index (χ1v) is 11.6. The molecule has 0 saturated carbocycles. The summed E-state index contributed by atoms with van der Waals surface area (Å²) in [5, 5.41) is 7.55. The van der Waals surface area contributed by atoms with E-state index in [4.69, 9.17) is 4.42 Å². The van der Waals surface area contributed by atoms with Gasteiger partial charge in [0, 0.05) is 22.3 Å². The molecule has 0 aliphatic heterocycles. The summed E-state index contributed by atoms with van der Waals surface area (Å²) in [4.78, 5) is 23.5. The van der Waals surface area contributed by atoms with Crippen LogP contribution >= 0.6 is 11.3 Å². The minimum absolute atomic E-state index is 0.240. The first-order valence-electron chi connectivity index (χ1n) is 10.8. The van der Waals surface area contributed by atoms with E-state index in [1.165, 1.54) is 23.1 Å². The molecule has 1 aliphatic carbocycles. The van der Waals surface area contributed by atoms with Crippen LogP contribution in [0.2, 0.25) is 0 Å². The van der Waals surface area contributed by atoms with Gasteiger partial charge in [0.1, 0.15) is 10.8 Å². The standard InChI is InChI=1S/C25H24N4O2S/c1-16-8-6-13-21(27-16)28-23(18-10-4-5-14-26-18)22-17-9-2-3-12-20(17)32-25(22)29-24(30)19-11-7-15-31-19/h4-8,10-11,13-15,23H,2-3,9,12H2,1H3,(H,27,28)(H,29,30)/t23-/m0/s1. The number of nitrogens with one attached hydrogen (secondary N) is 2. The molecule has 7 heteroatoms. The molecule has 1 atom stereocenters. The zero-order valence-corrected chi connectivity index (χ0v) is 18.6. The average Bonchev–Trinajstić information content (AvgIpc) is 3.46. The molecule has 0 aromatic carbocycles. The molecule has 0 saturated heterocycles. The summed E-state index contributed by atoms with van der Waals surface area (Å²) < 4.78 is 5.32. The second-order valence-corrected chi connectivity index (χ2v) is 8.99. The summed E-state index contributed by atoms with van der Waals surface area (Å²) >= 11 is 1.66. The second kappa shape index (κ2) is 8.96. The van der Waals surface area contributed by atoms with E-state index < -0.39 is 0 Å². The van der Waals surface area contributed by atoms with Crippen LogP contribution in [-0.4, -0.2) is 15.9 Å². The molecule has 162 valence electrons. The monoisotopic (exact) mass is 444 g/mol. The minimum Gasteiger partial charge on any atom is -0.459 e. The lowest BCUT2D eigenvalue weighted by molar-refractivity contribution is 0.0997. The largest absolute Gasteiger partial charge is 0.459 e. The van der Waals surface area contributed by atoms with Gasteiger partial charge < -0.3 is 15.1 Å². The molecule has 4 aromatic heterocycles. The lowest BCUT2D eigenvalue weighted by Gasteiger charge is -2.23. The molecular formula is C25H24N4O2S. The molecule has 2 N–H and O–H groups in total. The van der Waals surface area contributed by atoms with Crippen LogP contribution < -0.4 is 10.6 Å². The Bertz CT molecular complexity index is 1220. The highest BCUT2D eigenvalue weighted by molar-refractivity contribution is 7.16. The van der Waals surface area contributed by atoms with Gasteiger partial charge in [-0.15, -0.1) is 11.3 Å². The third-order valence-corrected chi connectivity index (χ3v) is 6.86. The Kier molecular flexibility index (Phi) is 5.73. The zero-order valence-electron chi connectivity index (χ0n) is 17.8. The number of rotatable bonds is 6. The van der Waals surface area contributed by atoms with E-state index in [0.717, 1.165) is 47.0 Å². The first kappa shape index (κ1) is 20.5. The summed E-state index contributed by atoms with van der Waals surface area (Å²) in [6, 6.07) is 15.0. The van der Waals surface area contributed by atoms with E-state index in [9.17, 15) is 4.79 Å². The maximum Gasteiger partial charge on any atom is 0.291 e. The number of carbonyl (C=O) groups excluding carboxylic acids is 1. The molecule has 4 aromatic rings. The Morgan fingerprint density at radius 3 is 2.78 bits per heavy atom. The highest BCUT2D eigenvalue weighted by Gasteiger charge is 2.30. The maximum absolute atomic E-state index is 12.9. The molecule has 1 aliphatic rings. The number of fused-ring (bicyclic) bond motifs is 1. The molecule has 0 fully saturated rings. The van der Waals surface area contributed by atoms with Crippen LogP contribution in [0.4, 0.5) is 10.8 Å². The van der Waals surface area contributed by atoms with Crippen molar-refractivity contribution in [1.29, 1.82) is 0 Å². The van der Waals surface area contributed by atoms with Gasteiger partial charge in [-0.25, -0.2) is 4.98 Å². The van der Waals surface area contributed by atoms with Gasteiger partial charge in [0.05, 0.1) is 18.0 Å². The summed E-state index contributed by atoms with van der Waals surface area (Å²) in [7, 11) is 0. The number of thiophene rings is 1. The van der Waals surface area contributed by atoms with E-state index in [1.54, 1.807) is 29.7 Å². The van der Waals surface area contributed by atoms with Crippen LogP contribution in [0.1, 0.15) is 56.8 Å². The Hall–Kier alpha value is -3.45. The van der Waals surface area contributed by atoms with Crippen molar-refractivity contribution in [3.05, 3.63) is 94.1 Å². The van der Waals surface area contributed by atoms with Crippen LogP contribution in [0, 0.1) is 6.92 Å². The van der Waals surface area contributed by atoms with E-state index in [0.29, 0.717) is 5.76 Å². The molecule has 0 unspecified atom stereocenters. The van der Waals surface area contributed by atoms with Gasteiger partial charge in [0.2, 0.25) is 0 Å². The molecular weight excluding hydrogens is 420 g/mol. The number of carbonyl (C=O) groups is 1. The lowest BCUT2D eigenvalue weighted by atomic mass is 9.91. The Labute approximate surface area is 190 Å². The van der Waals surface area contributed by atoms with Crippen molar-refractivity contribution in [2.45, 2.75) is 38.6 Å². The van der Waals surface area contributed by atoms with Crippen molar-refractivity contribution in [3.8, 4) is 0 Å². The second-order valence-electron chi connectivity index (χ2n) is 7.88. The zero-order chi connectivity index (χ0) is 21.9. The quantitative estimate of drug-likeness (QED) is 0.394. The average molecular weight is 445 g/mol. The number of aryl methyl sites for hydroxylation is 2. The Morgan fingerprint density at radius 1 is 1.09 bits per heavy atom. The Morgan fingerprint density at radius 2 is 2.00 bits per heavy atom. The molecule has 0 spiro atoms. The van der Waals surface area contributed by atoms with E-state index in [2.05, 4.69) is 20.6 Å². The maximum atomic E-state index is 12.9. The lowest BCUT2D eigenvalue weighted by Crippen LogP contribution is -2.19. The van der Waals surface area contributed by atoms with Gasteiger partial charge in [0.25, 0.3) is 5.91 Å². The number of amides is 1. The van der Waals surface area contributed by atoms with Crippen LogP contribution in [0.5, 0.6) is 0 Å². The van der Waals surface area contributed by atoms with Crippen molar-refractivity contribution in [2.75, 3.05) is 10.6 Å². The number of nitrogens with zero attached hydrogens (tertiary/aromatic N) is 2. The van der Waals surface area contributed by atoms with Crippen LogP contribution in [0.3, 0.4) is 0 Å². The predicted molar refractivity (Wildman–Crippen MR) is 126 cm³/mol. The van der Waals surface area contributed by atoms with E-state index >= 15 is 0 Å². The number of aromatic nitrogens is 2. The van der Waals surface area contributed by atoms with Gasteiger partial charge in [-0.05, 0) is 74.6 Å². The van der Waals surface area contributed by atoms with Crippen LogP contribution in [0.15, 0.2) is 65.4 Å². The van der Waals surface area contributed by atoms with Crippen molar-refractivity contribution in [3.63, 3.8) is 0 Å². The van der Waals surface area contributed by atoms with Gasteiger partial charge in [-0.2, -0.15) is 0 Å². The fourth-order valence-corrected chi connectivity index (χ4v) is 5.50. The van der Waals surface area contributed by atoms with Crippen molar-refractivity contribution in [2.24, 2.45) is 0 Å². The number of pyridine rings is 2. The summed E-state index contributed by atoms with van der Waals surface area (Å²) in [5.74, 6) is 0.827. The minimum atomic E-state index is -0.247. The molecule has 32 heavy (non-hydrogen) atoms.